The molecule has 0 unspecified atom stereocenters. The van der Waals surface area contributed by atoms with E-state index in [1.807, 2.05) is 0 Å². The minimum absolute atomic E-state index is 0.0185. The molecule has 0 aliphatic carbocycles. The van der Waals surface area contributed by atoms with E-state index in [0.717, 1.165) is 6.07 Å². The van der Waals surface area contributed by atoms with Crippen LogP contribution in [0.1, 0.15) is 5.56 Å². The first-order valence-corrected chi connectivity index (χ1v) is 5.42. The van der Waals surface area contributed by atoms with Crippen molar-refractivity contribution in [2.24, 2.45) is 5.14 Å². The Balaban J connectivity index is 3.08. The molecule has 1 aromatic carbocycles. The first-order valence-electron chi connectivity index (χ1n) is 3.33. The van der Waals surface area contributed by atoms with E-state index < -0.39 is 21.6 Å². The maximum atomic E-state index is 12.9. The number of rotatable bonds is 2. The van der Waals surface area contributed by atoms with Crippen LogP contribution in [-0.4, -0.2) is 8.42 Å². The zero-order chi connectivity index (χ0) is 10.1. The van der Waals surface area contributed by atoms with Crippen LogP contribution in [0.4, 0.5) is 4.39 Å². The van der Waals surface area contributed by atoms with Crippen molar-refractivity contribution in [1.82, 2.24) is 0 Å². The average Bonchev–Trinajstić information content (AvgIpc) is 1.94. The van der Waals surface area contributed by atoms with Crippen molar-refractivity contribution in [2.75, 3.05) is 0 Å². The molecule has 0 fully saturated rings. The van der Waals surface area contributed by atoms with Gasteiger partial charge in [-0.05, 0) is 18.2 Å². The van der Waals surface area contributed by atoms with Gasteiger partial charge < -0.3 is 0 Å². The summed E-state index contributed by atoms with van der Waals surface area (Å²) in [7, 11) is -3.72. The second-order valence-corrected chi connectivity index (χ2v) is 4.59. The third kappa shape index (κ3) is 3.30. The summed E-state index contributed by atoms with van der Waals surface area (Å²) in [6, 6.07) is 3.67. The van der Waals surface area contributed by atoms with E-state index in [4.69, 9.17) is 16.7 Å². The maximum Gasteiger partial charge on any atom is 0.213 e. The van der Waals surface area contributed by atoms with Gasteiger partial charge in [-0.1, -0.05) is 11.6 Å². The van der Waals surface area contributed by atoms with Crippen LogP contribution in [0.2, 0.25) is 5.02 Å². The molecule has 0 saturated carbocycles. The van der Waals surface area contributed by atoms with Gasteiger partial charge in [0.2, 0.25) is 10.0 Å². The van der Waals surface area contributed by atoms with Gasteiger partial charge in [-0.2, -0.15) is 0 Å². The van der Waals surface area contributed by atoms with Crippen LogP contribution in [-0.2, 0) is 15.8 Å². The molecule has 3 nitrogen and oxygen atoms in total. The van der Waals surface area contributed by atoms with Crippen molar-refractivity contribution in [3.05, 3.63) is 34.6 Å². The highest BCUT2D eigenvalue weighted by molar-refractivity contribution is 7.88. The van der Waals surface area contributed by atoms with Gasteiger partial charge in [0.1, 0.15) is 5.82 Å². The highest BCUT2D eigenvalue weighted by Gasteiger charge is 2.09. The average molecular weight is 224 g/mol. The molecule has 0 bridgehead atoms. The van der Waals surface area contributed by atoms with Crippen molar-refractivity contribution >= 4 is 21.6 Å². The Morgan fingerprint density at radius 3 is 2.62 bits per heavy atom. The number of benzene rings is 1. The van der Waals surface area contributed by atoms with Gasteiger partial charge in [0, 0.05) is 10.6 Å². The molecule has 0 aromatic heterocycles. The molecule has 13 heavy (non-hydrogen) atoms. The fourth-order valence-electron chi connectivity index (χ4n) is 0.871. The molecule has 0 aliphatic rings. The fraction of sp³-hybridized carbons (Fsp3) is 0.143. The van der Waals surface area contributed by atoms with E-state index in [1.165, 1.54) is 12.1 Å². The van der Waals surface area contributed by atoms with Gasteiger partial charge in [0.25, 0.3) is 0 Å². The number of halogens is 2. The zero-order valence-corrected chi connectivity index (χ0v) is 8.07. The van der Waals surface area contributed by atoms with Gasteiger partial charge in [0.15, 0.2) is 0 Å². The third-order valence-electron chi connectivity index (χ3n) is 1.36. The standard InChI is InChI=1S/C7H7ClFNO2S/c8-6-1-2-7(9)5(3-6)4-13(10,11)12/h1-3H,4H2,(H2,10,11,12). The van der Waals surface area contributed by atoms with Crippen LogP contribution in [0.15, 0.2) is 18.2 Å². The summed E-state index contributed by atoms with van der Waals surface area (Å²) in [4.78, 5) is 0. The van der Waals surface area contributed by atoms with Gasteiger partial charge in [0.05, 0.1) is 5.75 Å². The molecule has 1 rings (SSSR count). The lowest BCUT2D eigenvalue weighted by Gasteiger charge is -2.01. The normalized spacial score (nSPS) is 11.6. The number of hydrogen-bond acceptors (Lipinski definition) is 2. The smallest absolute Gasteiger partial charge is 0.213 e. The first kappa shape index (κ1) is 10.4. The molecule has 0 saturated heterocycles. The van der Waals surface area contributed by atoms with E-state index in [9.17, 15) is 12.8 Å². The van der Waals surface area contributed by atoms with Crippen LogP contribution >= 0.6 is 11.6 Å². The molecule has 6 heteroatoms. The molecule has 0 spiro atoms. The van der Waals surface area contributed by atoms with Crippen LogP contribution in [0.5, 0.6) is 0 Å². The maximum absolute atomic E-state index is 12.9. The van der Waals surface area contributed by atoms with Crippen molar-refractivity contribution in [2.45, 2.75) is 5.75 Å². The lowest BCUT2D eigenvalue weighted by atomic mass is 10.2. The summed E-state index contributed by atoms with van der Waals surface area (Å²) in [6.07, 6.45) is 0. The van der Waals surface area contributed by atoms with Gasteiger partial charge in [-0.3, -0.25) is 0 Å². The molecule has 2 N–H and O–H groups in total. The monoisotopic (exact) mass is 223 g/mol. The van der Waals surface area contributed by atoms with Crippen molar-refractivity contribution in [3.8, 4) is 0 Å². The zero-order valence-electron chi connectivity index (χ0n) is 6.50. The van der Waals surface area contributed by atoms with E-state index in [0.29, 0.717) is 0 Å². The van der Waals surface area contributed by atoms with E-state index >= 15 is 0 Å². The quantitative estimate of drug-likeness (QED) is 0.821. The van der Waals surface area contributed by atoms with Crippen LogP contribution in [0.3, 0.4) is 0 Å². The Morgan fingerprint density at radius 1 is 1.46 bits per heavy atom. The number of primary sulfonamides is 1. The Bertz CT molecular complexity index is 419. The minimum Gasteiger partial charge on any atom is -0.228 e. The Morgan fingerprint density at radius 2 is 2.08 bits per heavy atom. The SMILES string of the molecule is NS(=O)(=O)Cc1cc(Cl)ccc1F. The molecule has 0 heterocycles. The predicted molar refractivity (Wildman–Crippen MR) is 48.2 cm³/mol. The van der Waals surface area contributed by atoms with E-state index in [1.54, 1.807) is 0 Å². The Kier molecular flexibility index (Phi) is 2.90. The number of sulfonamides is 1. The summed E-state index contributed by atoms with van der Waals surface area (Å²) in [6.45, 7) is 0. The largest absolute Gasteiger partial charge is 0.228 e. The number of hydrogen-bond donors (Lipinski definition) is 1. The molecule has 0 atom stereocenters. The molecular formula is C7H7ClFNO2S. The van der Waals surface area contributed by atoms with Crippen molar-refractivity contribution < 1.29 is 12.8 Å². The second kappa shape index (κ2) is 3.61. The lowest BCUT2D eigenvalue weighted by Crippen LogP contribution is -2.15. The first-order chi connectivity index (χ1) is 5.88. The molecule has 72 valence electrons. The van der Waals surface area contributed by atoms with E-state index in [2.05, 4.69) is 0 Å². The Labute approximate surface area is 80.4 Å². The van der Waals surface area contributed by atoms with Gasteiger partial charge >= 0.3 is 0 Å². The van der Waals surface area contributed by atoms with E-state index in [-0.39, 0.29) is 10.6 Å². The van der Waals surface area contributed by atoms with Crippen molar-refractivity contribution in [3.63, 3.8) is 0 Å². The van der Waals surface area contributed by atoms with Crippen LogP contribution < -0.4 is 5.14 Å². The second-order valence-electron chi connectivity index (χ2n) is 2.54. The predicted octanol–water partition coefficient (Wildman–Crippen LogP) is 1.27. The van der Waals surface area contributed by atoms with Crippen LogP contribution in [0.25, 0.3) is 0 Å². The third-order valence-corrected chi connectivity index (χ3v) is 2.31. The van der Waals surface area contributed by atoms with Crippen molar-refractivity contribution in [1.29, 1.82) is 0 Å². The molecule has 0 aliphatic heterocycles. The molecule has 1 aromatic rings. The molecule has 0 radical (unpaired) electrons. The van der Waals surface area contributed by atoms with Crippen LogP contribution in [0, 0.1) is 5.82 Å². The van der Waals surface area contributed by atoms with Gasteiger partial charge in [-0.25, -0.2) is 17.9 Å². The fourth-order valence-corrected chi connectivity index (χ4v) is 1.72. The lowest BCUT2D eigenvalue weighted by molar-refractivity contribution is 0.588. The summed E-state index contributed by atoms with van der Waals surface area (Å²) >= 11 is 5.54. The topological polar surface area (TPSA) is 60.2 Å². The summed E-state index contributed by atoms with van der Waals surface area (Å²) in [5.74, 6) is -1.17. The Hall–Kier alpha value is -0.650. The summed E-state index contributed by atoms with van der Waals surface area (Å²) in [5.41, 5.74) is -0.0185. The number of nitrogens with two attached hydrogens (primary N) is 1. The minimum atomic E-state index is -3.72. The highest BCUT2D eigenvalue weighted by atomic mass is 35.5. The summed E-state index contributed by atoms with van der Waals surface area (Å²) in [5, 5.41) is 5.03. The molecular weight excluding hydrogens is 217 g/mol. The van der Waals surface area contributed by atoms with Gasteiger partial charge in [-0.15, -0.1) is 0 Å². The highest BCUT2D eigenvalue weighted by Crippen LogP contribution is 2.16. The summed E-state index contributed by atoms with van der Waals surface area (Å²) < 4.78 is 34.2. The molecule has 0 amide bonds.